The number of aromatic nitrogens is 2. The summed E-state index contributed by atoms with van der Waals surface area (Å²) in [6, 6.07) is 17.6. The van der Waals surface area contributed by atoms with Crippen LogP contribution in [0.3, 0.4) is 0 Å². The Bertz CT molecular complexity index is 1440. The summed E-state index contributed by atoms with van der Waals surface area (Å²) in [7, 11) is 0. The zero-order chi connectivity index (χ0) is 22.8. The number of hydrogen-bond acceptors (Lipinski definition) is 6. The van der Waals surface area contributed by atoms with Crippen molar-refractivity contribution < 1.29 is 9.53 Å². The van der Waals surface area contributed by atoms with E-state index in [1.54, 1.807) is 17.1 Å². The third-order valence-electron chi connectivity index (χ3n) is 5.17. The number of ether oxygens (including phenoxy) is 1. The number of carbonyl (C=O) groups excluding carboxylic acids is 1. The van der Waals surface area contributed by atoms with Crippen LogP contribution in [0, 0.1) is 13.8 Å². The van der Waals surface area contributed by atoms with E-state index in [4.69, 9.17) is 14.8 Å². The largest absolute Gasteiger partial charge is 0.482 e. The molecule has 0 saturated heterocycles. The maximum absolute atomic E-state index is 11.8. The normalized spacial score (nSPS) is 13.6. The molecule has 2 aromatic carbocycles. The van der Waals surface area contributed by atoms with Gasteiger partial charge in [0.05, 0.1) is 29.0 Å². The molecule has 0 fully saturated rings. The zero-order valence-corrected chi connectivity index (χ0v) is 19.0. The van der Waals surface area contributed by atoms with Gasteiger partial charge in [-0.25, -0.2) is 9.67 Å². The number of anilines is 1. The van der Waals surface area contributed by atoms with Crippen molar-refractivity contribution >= 4 is 34.8 Å². The molecule has 4 aromatic rings. The molecule has 0 bridgehead atoms. The van der Waals surface area contributed by atoms with Gasteiger partial charge < -0.3 is 10.1 Å². The van der Waals surface area contributed by atoms with E-state index in [0.29, 0.717) is 11.4 Å². The number of fused-ring (bicyclic) bond motifs is 1. The second-order valence-corrected chi connectivity index (χ2v) is 8.50. The van der Waals surface area contributed by atoms with E-state index in [2.05, 4.69) is 35.4 Å². The molecule has 0 atom stereocenters. The van der Waals surface area contributed by atoms with Gasteiger partial charge in [-0.1, -0.05) is 18.2 Å². The predicted molar refractivity (Wildman–Crippen MR) is 130 cm³/mol. The van der Waals surface area contributed by atoms with Crippen LogP contribution in [0.5, 0.6) is 5.75 Å². The number of rotatable bonds is 4. The SMILES string of the molecule is Cc1ccc(C)c(N=c2scc(-c3ccc4c(c3)NC(=O)CO4)n2/N=C/c2ccccn2)c1. The first-order valence-corrected chi connectivity index (χ1v) is 11.3. The zero-order valence-electron chi connectivity index (χ0n) is 18.1. The van der Waals surface area contributed by atoms with E-state index >= 15 is 0 Å². The van der Waals surface area contributed by atoms with Crippen molar-refractivity contribution in [3.63, 3.8) is 0 Å². The van der Waals surface area contributed by atoms with Crippen LogP contribution in [0.1, 0.15) is 16.8 Å². The number of nitrogens with one attached hydrogen (secondary N) is 1. The average molecular weight is 456 g/mol. The molecule has 0 saturated carbocycles. The van der Waals surface area contributed by atoms with Crippen molar-refractivity contribution in [2.75, 3.05) is 11.9 Å². The highest BCUT2D eigenvalue weighted by Gasteiger charge is 2.18. The van der Waals surface area contributed by atoms with Crippen LogP contribution >= 0.6 is 11.3 Å². The van der Waals surface area contributed by atoms with Gasteiger partial charge in [0.1, 0.15) is 5.75 Å². The number of carbonyl (C=O) groups is 1. The van der Waals surface area contributed by atoms with Crippen molar-refractivity contribution in [1.82, 2.24) is 9.66 Å². The third-order valence-corrected chi connectivity index (χ3v) is 5.98. The van der Waals surface area contributed by atoms with Gasteiger partial charge in [-0.05, 0) is 61.4 Å². The minimum Gasteiger partial charge on any atom is -0.482 e. The van der Waals surface area contributed by atoms with Gasteiger partial charge in [-0.2, -0.15) is 5.10 Å². The molecular formula is C25H21N5O2S. The first-order valence-electron chi connectivity index (χ1n) is 10.4. The number of nitrogens with zero attached hydrogens (tertiary/aromatic N) is 4. The molecule has 7 nitrogen and oxygen atoms in total. The molecule has 5 rings (SSSR count). The Kier molecular flexibility index (Phi) is 5.58. The Hall–Kier alpha value is -4.04. The van der Waals surface area contributed by atoms with Gasteiger partial charge in [0.2, 0.25) is 4.80 Å². The van der Waals surface area contributed by atoms with Crippen molar-refractivity contribution in [1.29, 1.82) is 0 Å². The van der Waals surface area contributed by atoms with Gasteiger partial charge in [0.25, 0.3) is 5.91 Å². The molecule has 1 aliphatic heterocycles. The molecule has 0 aliphatic carbocycles. The fourth-order valence-electron chi connectivity index (χ4n) is 3.44. The topological polar surface area (TPSA) is 80.9 Å². The third kappa shape index (κ3) is 4.47. The molecule has 33 heavy (non-hydrogen) atoms. The van der Waals surface area contributed by atoms with E-state index in [1.165, 1.54) is 11.3 Å². The lowest BCUT2D eigenvalue weighted by Crippen LogP contribution is -2.25. The highest BCUT2D eigenvalue weighted by Crippen LogP contribution is 2.33. The lowest BCUT2D eigenvalue weighted by molar-refractivity contribution is -0.118. The Labute approximate surface area is 194 Å². The lowest BCUT2D eigenvalue weighted by Gasteiger charge is -2.18. The lowest BCUT2D eigenvalue weighted by atomic mass is 10.1. The van der Waals surface area contributed by atoms with Crippen molar-refractivity contribution in [3.8, 4) is 17.0 Å². The Balaban J connectivity index is 1.65. The number of aryl methyl sites for hydroxylation is 2. The Morgan fingerprint density at radius 2 is 2.06 bits per heavy atom. The summed E-state index contributed by atoms with van der Waals surface area (Å²) in [5, 5.41) is 9.59. The number of hydrogen-bond donors (Lipinski definition) is 1. The van der Waals surface area contributed by atoms with Crippen molar-refractivity contribution in [3.05, 3.63) is 87.8 Å². The van der Waals surface area contributed by atoms with Gasteiger partial charge in [0.15, 0.2) is 6.61 Å². The first-order chi connectivity index (χ1) is 16.1. The Morgan fingerprint density at radius 1 is 1.15 bits per heavy atom. The highest BCUT2D eigenvalue weighted by atomic mass is 32.1. The highest BCUT2D eigenvalue weighted by molar-refractivity contribution is 7.07. The maximum atomic E-state index is 11.8. The molecule has 1 aliphatic rings. The maximum Gasteiger partial charge on any atom is 0.262 e. The van der Waals surface area contributed by atoms with Gasteiger partial charge in [0, 0.05) is 17.1 Å². The fraction of sp³-hybridized carbons (Fsp3) is 0.120. The predicted octanol–water partition coefficient (Wildman–Crippen LogP) is 4.67. The van der Waals surface area contributed by atoms with Crippen LogP contribution in [0.25, 0.3) is 11.3 Å². The summed E-state index contributed by atoms with van der Waals surface area (Å²) >= 11 is 1.50. The quantitative estimate of drug-likeness (QED) is 0.454. The summed E-state index contributed by atoms with van der Waals surface area (Å²) in [6.45, 7) is 4.12. The van der Waals surface area contributed by atoms with Crippen LogP contribution in [-0.2, 0) is 4.79 Å². The van der Waals surface area contributed by atoms with E-state index in [9.17, 15) is 4.79 Å². The van der Waals surface area contributed by atoms with Gasteiger partial charge in [-0.15, -0.1) is 11.3 Å². The minimum atomic E-state index is -0.170. The molecule has 1 amide bonds. The molecule has 0 spiro atoms. The van der Waals surface area contributed by atoms with Crippen molar-refractivity contribution in [2.45, 2.75) is 13.8 Å². The summed E-state index contributed by atoms with van der Waals surface area (Å²) in [6.07, 6.45) is 3.44. The van der Waals surface area contributed by atoms with E-state index in [0.717, 1.165) is 38.6 Å². The van der Waals surface area contributed by atoms with Crippen LogP contribution in [0.15, 0.2) is 76.3 Å². The fourth-order valence-corrected chi connectivity index (χ4v) is 4.29. The summed E-state index contributed by atoms with van der Waals surface area (Å²) in [5.74, 6) is 0.481. The number of thiazole rings is 1. The van der Waals surface area contributed by atoms with Gasteiger partial charge in [-0.3, -0.25) is 9.78 Å². The van der Waals surface area contributed by atoms with Crippen LogP contribution in [-0.4, -0.2) is 28.4 Å². The molecule has 0 radical (unpaired) electrons. The number of amides is 1. The molecule has 164 valence electrons. The van der Waals surface area contributed by atoms with E-state index in [1.807, 2.05) is 48.7 Å². The summed E-state index contributed by atoms with van der Waals surface area (Å²) in [5.41, 5.74) is 6.25. The molecular weight excluding hydrogens is 434 g/mol. The van der Waals surface area contributed by atoms with Crippen molar-refractivity contribution in [2.24, 2.45) is 10.1 Å². The van der Waals surface area contributed by atoms with E-state index in [-0.39, 0.29) is 12.5 Å². The summed E-state index contributed by atoms with van der Waals surface area (Å²) in [4.78, 5) is 21.8. The van der Waals surface area contributed by atoms with Gasteiger partial charge >= 0.3 is 0 Å². The molecule has 1 N–H and O–H groups in total. The number of benzene rings is 2. The second-order valence-electron chi connectivity index (χ2n) is 7.66. The first kappa shape index (κ1) is 20.8. The van der Waals surface area contributed by atoms with Crippen LogP contribution < -0.4 is 14.9 Å². The molecule has 2 aromatic heterocycles. The summed E-state index contributed by atoms with van der Waals surface area (Å²) < 4.78 is 7.30. The average Bonchev–Trinajstić information content (AvgIpc) is 3.22. The molecule has 0 unspecified atom stereocenters. The van der Waals surface area contributed by atoms with Crippen LogP contribution in [0.4, 0.5) is 11.4 Å². The smallest absolute Gasteiger partial charge is 0.262 e. The number of pyridine rings is 1. The van der Waals surface area contributed by atoms with E-state index < -0.39 is 0 Å². The standard InChI is InChI=1S/C25H21N5O2S/c1-16-6-7-17(2)20(11-16)29-25-30(27-13-19-5-3-4-10-26-19)22(15-33-25)18-8-9-23-21(12-18)28-24(31)14-32-23/h3-13,15H,14H2,1-2H3,(H,28,31)/b27-13+,29-25?. The monoisotopic (exact) mass is 455 g/mol. The molecule has 3 heterocycles. The molecule has 8 heteroatoms. The van der Waals surface area contributed by atoms with Crippen LogP contribution in [0.2, 0.25) is 0 Å². The second kappa shape index (κ2) is 8.84. The minimum absolute atomic E-state index is 0.0258. The Morgan fingerprint density at radius 3 is 2.91 bits per heavy atom.